The summed E-state index contributed by atoms with van der Waals surface area (Å²) in [5, 5.41) is -0.0220. The molecule has 142 valence electrons. The summed E-state index contributed by atoms with van der Waals surface area (Å²) in [7, 11) is 0. The summed E-state index contributed by atoms with van der Waals surface area (Å²) in [6.45, 7) is 0.761. The predicted octanol–water partition coefficient (Wildman–Crippen LogP) is 5.13. The number of hydrogen-bond acceptors (Lipinski definition) is 4. The summed E-state index contributed by atoms with van der Waals surface area (Å²) < 4.78 is 11.6. The topological polar surface area (TPSA) is 38.8 Å². The van der Waals surface area contributed by atoms with Gasteiger partial charge in [0.2, 0.25) is 0 Å². The van der Waals surface area contributed by atoms with Crippen molar-refractivity contribution in [3.63, 3.8) is 0 Å². The van der Waals surface area contributed by atoms with Crippen LogP contribution in [0.15, 0.2) is 84.9 Å². The largest absolute Gasteiger partial charge is 0.484 e. The minimum Gasteiger partial charge on any atom is -0.484 e. The first-order valence-electron chi connectivity index (χ1n) is 9.21. The highest BCUT2D eigenvalue weighted by atomic mass is 32.2. The lowest BCUT2D eigenvalue weighted by atomic mass is 10.2. The first-order valence-corrected chi connectivity index (χ1v) is 10.3. The Kier molecular flexibility index (Phi) is 5.83. The van der Waals surface area contributed by atoms with Crippen LogP contribution < -0.4 is 9.47 Å². The van der Waals surface area contributed by atoms with Crippen LogP contribution in [0.2, 0.25) is 0 Å². The average molecular weight is 391 g/mol. The standard InChI is InChI=1S/C23H21NO3S/c25-22(17-26-19-9-3-1-4-10-19)24-14-15-28-23(24)18-8-7-13-21(16-18)27-20-11-5-2-6-12-20/h1-13,16,23H,14-15,17H2. The number of ether oxygens (including phenoxy) is 2. The number of para-hydroxylation sites is 2. The highest BCUT2D eigenvalue weighted by Crippen LogP contribution is 2.39. The number of carbonyl (C=O) groups excluding carboxylic acids is 1. The van der Waals surface area contributed by atoms with Crippen LogP contribution in [0, 0.1) is 0 Å². The first-order chi connectivity index (χ1) is 13.8. The molecule has 0 N–H and O–H groups in total. The molecule has 1 fully saturated rings. The molecular formula is C23H21NO3S. The third-order valence-electron chi connectivity index (χ3n) is 4.44. The zero-order chi connectivity index (χ0) is 19.2. The molecule has 3 aromatic carbocycles. The van der Waals surface area contributed by atoms with Gasteiger partial charge in [0.15, 0.2) is 6.61 Å². The van der Waals surface area contributed by atoms with Gasteiger partial charge in [0.25, 0.3) is 5.91 Å². The molecule has 5 heteroatoms. The average Bonchev–Trinajstić information content (AvgIpc) is 3.24. The molecule has 1 amide bonds. The van der Waals surface area contributed by atoms with Crippen molar-refractivity contribution in [3.8, 4) is 17.2 Å². The van der Waals surface area contributed by atoms with Gasteiger partial charge in [0.05, 0.1) is 0 Å². The molecule has 0 radical (unpaired) electrons. The summed E-state index contributed by atoms with van der Waals surface area (Å²) in [5.74, 6) is 3.17. The SMILES string of the molecule is O=C(COc1ccccc1)N1CCSC1c1cccc(Oc2ccccc2)c1. The van der Waals surface area contributed by atoms with Gasteiger partial charge in [-0.25, -0.2) is 0 Å². The number of thioether (sulfide) groups is 1. The molecule has 4 rings (SSSR count). The molecule has 0 saturated carbocycles. The summed E-state index contributed by atoms with van der Waals surface area (Å²) in [6, 6.07) is 27.1. The van der Waals surface area contributed by atoms with Gasteiger partial charge in [-0.15, -0.1) is 11.8 Å². The maximum absolute atomic E-state index is 12.7. The molecule has 28 heavy (non-hydrogen) atoms. The number of carbonyl (C=O) groups is 1. The third kappa shape index (κ3) is 4.49. The maximum Gasteiger partial charge on any atom is 0.261 e. The van der Waals surface area contributed by atoms with E-state index in [0.29, 0.717) is 5.75 Å². The molecule has 0 aromatic heterocycles. The molecule has 0 spiro atoms. The molecule has 3 aromatic rings. The fraction of sp³-hybridized carbons (Fsp3) is 0.174. The molecule has 4 nitrogen and oxygen atoms in total. The van der Waals surface area contributed by atoms with E-state index < -0.39 is 0 Å². The van der Waals surface area contributed by atoms with Crippen molar-refractivity contribution in [1.29, 1.82) is 0 Å². The van der Waals surface area contributed by atoms with E-state index in [0.717, 1.165) is 29.4 Å². The van der Waals surface area contributed by atoms with Gasteiger partial charge in [-0.1, -0.05) is 48.5 Å². The van der Waals surface area contributed by atoms with Crippen molar-refractivity contribution in [2.45, 2.75) is 5.37 Å². The number of benzene rings is 3. The maximum atomic E-state index is 12.7. The fourth-order valence-electron chi connectivity index (χ4n) is 3.10. The predicted molar refractivity (Wildman–Crippen MR) is 112 cm³/mol. The van der Waals surface area contributed by atoms with Crippen molar-refractivity contribution in [3.05, 3.63) is 90.5 Å². The molecule has 0 aliphatic carbocycles. The lowest BCUT2D eigenvalue weighted by Gasteiger charge is -2.24. The summed E-state index contributed by atoms with van der Waals surface area (Å²) in [6.07, 6.45) is 0. The fourth-order valence-corrected chi connectivity index (χ4v) is 4.37. The van der Waals surface area contributed by atoms with E-state index in [1.807, 2.05) is 89.8 Å². The Bertz CT molecular complexity index is 917. The molecular weight excluding hydrogens is 370 g/mol. The van der Waals surface area contributed by atoms with Gasteiger partial charge in [0, 0.05) is 12.3 Å². The Morgan fingerprint density at radius 2 is 1.57 bits per heavy atom. The van der Waals surface area contributed by atoms with Crippen molar-refractivity contribution >= 4 is 17.7 Å². The zero-order valence-corrected chi connectivity index (χ0v) is 16.2. The number of rotatable bonds is 6. The number of nitrogens with zero attached hydrogens (tertiary/aromatic N) is 1. The molecule has 1 heterocycles. The van der Waals surface area contributed by atoms with Gasteiger partial charge in [-0.05, 0) is 42.0 Å². The second-order valence-electron chi connectivity index (χ2n) is 6.40. The summed E-state index contributed by atoms with van der Waals surface area (Å²) in [4.78, 5) is 14.6. The molecule has 1 unspecified atom stereocenters. The van der Waals surface area contributed by atoms with Crippen LogP contribution >= 0.6 is 11.8 Å². The van der Waals surface area contributed by atoms with Crippen LogP contribution in [0.25, 0.3) is 0 Å². The van der Waals surface area contributed by atoms with E-state index in [1.165, 1.54) is 0 Å². The van der Waals surface area contributed by atoms with Crippen LogP contribution in [0.4, 0.5) is 0 Å². The Morgan fingerprint density at radius 1 is 0.893 bits per heavy atom. The highest BCUT2D eigenvalue weighted by Gasteiger charge is 2.31. The number of hydrogen-bond donors (Lipinski definition) is 0. The zero-order valence-electron chi connectivity index (χ0n) is 15.4. The monoisotopic (exact) mass is 391 g/mol. The molecule has 1 atom stereocenters. The van der Waals surface area contributed by atoms with Gasteiger partial charge < -0.3 is 14.4 Å². The van der Waals surface area contributed by atoms with Crippen molar-refractivity contribution in [2.24, 2.45) is 0 Å². The molecule has 0 bridgehead atoms. The smallest absolute Gasteiger partial charge is 0.261 e. The van der Waals surface area contributed by atoms with E-state index in [1.54, 1.807) is 11.8 Å². The van der Waals surface area contributed by atoms with E-state index in [4.69, 9.17) is 9.47 Å². The van der Waals surface area contributed by atoms with E-state index in [2.05, 4.69) is 0 Å². The van der Waals surface area contributed by atoms with Gasteiger partial charge in [-0.2, -0.15) is 0 Å². The first kappa shape index (κ1) is 18.4. The van der Waals surface area contributed by atoms with Crippen LogP contribution in [0.1, 0.15) is 10.9 Å². The van der Waals surface area contributed by atoms with E-state index in [9.17, 15) is 4.79 Å². The molecule has 1 aliphatic heterocycles. The summed E-state index contributed by atoms with van der Waals surface area (Å²) >= 11 is 1.76. The van der Waals surface area contributed by atoms with E-state index in [-0.39, 0.29) is 17.9 Å². The van der Waals surface area contributed by atoms with Crippen LogP contribution in [-0.2, 0) is 4.79 Å². The third-order valence-corrected chi connectivity index (χ3v) is 5.70. The second kappa shape index (κ2) is 8.85. The van der Waals surface area contributed by atoms with Gasteiger partial charge in [0.1, 0.15) is 22.6 Å². The Balaban J connectivity index is 1.44. The Hall–Kier alpha value is -2.92. The highest BCUT2D eigenvalue weighted by molar-refractivity contribution is 7.99. The lowest BCUT2D eigenvalue weighted by Crippen LogP contribution is -2.34. The van der Waals surface area contributed by atoms with Crippen LogP contribution in [-0.4, -0.2) is 29.7 Å². The number of amides is 1. The molecule has 1 aliphatic rings. The normalized spacial score (nSPS) is 16.0. The van der Waals surface area contributed by atoms with Crippen LogP contribution in [0.3, 0.4) is 0 Å². The van der Waals surface area contributed by atoms with Crippen molar-refractivity contribution in [2.75, 3.05) is 18.9 Å². The van der Waals surface area contributed by atoms with Gasteiger partial charge in [-0.3, -0.25) is 4.79 Å². The van der Waals surface area contributed by atoms with Crippen molar-refractivity contribution < 1.29 is 14.3 Å². The summed E-state index contributed by atoms with van der Waals surface area (Å²) in [5.41, 5.74) is 1.06. The minimum atomic E-state index is -0.0220. The molecule has 1 saturated heterocycles. The lowest BCUT2D eigenvalue weighted by molar-refractivity contribution is -0.133. The Labute approximate surface area is 169 Å². The second-order valence-corrected chi connectivity index (χ2v) is 7.59. The van der Waals surface area contributed by atoms with Gasteiger partial charge >= 0.3 is 0 Å². The minimum absolute atomic E-state index is 0.00626. The quantitative estimate of drug-likeness (QED) is 0.584. The van der Waals surface area contributed by atoms with Crippen LogP contribution in [0.5, 0.6) is 17.2 Å². The Morgan fingerprint density at radius 3 is 2.32 bits per heavy atom. The van der Waals surface area contributed by atoms with Crippen molar-refractivity contribution in [1.82, 2.24) is 4.90 Å². The van der Waals surface area contributed by atoms with E-state index >= 15 is 0 Å².